The molecule has 2 heterocycles. The van der Waals surface area contributed by atoms with Gasteiger partial charge in [-0.15, -0.1) is 10.2 Å². The van der Waals surface area contributed by atoms with Gasteiger partial charge in [0.05, 0.1) is 5.69 Å². The molecular formula is C25H16N4O4S. The molecule has 8 nitrogen and oxygen atoms in total. The van der Waals surface area contributed by atoms with Gasteiger partial charge in [0.2, 0.25) is 17.0 Å². The Morgan fingerprint density at radius 3 is 2.38 bits per heavy atom. The molecule has 2 amide bonds. The van der Waals surface area contributed by atoms with Crippen LogP contribution in [-0.4, -0.2) is 38.2 Å². The van der Waals surface area contributed by atoms with Crippen molar-refractivity contribution in [2.45, 2.75) is 23.8 Å². The van der Waals surface area contributed by atoms with Crippen molar-refractivity contribution in [3.63, 3.8) is 0 Å². The summed E-state index contributed by atoms with van der Waals surface area (Å²) < 4.78 is 5.01. The molecule has 0 N–H and O–H groups in total. The van der Waals surface area contributed by atoms with Gasteiger partial charge in [-0.3, -0.25) is 14.4 Å². The molecule has 1 aromatic heterocycles. The first-order valence-corrected chi connectivity index (χ1v) is 11.5. The summed E-state index contributed by atoms with van der Waals surface area (Å²) in [5.74, 6) is -0.756. The maximum atomic E-state index is 13.1. The Morgan fingerprint density at radius 2 is 1.68 bits per heavy atom. The number of fused-ring (bicyclic) bond motifs is 3. The van der Waals surface area contributed by atoms with Crippen LogP contribution in [-0.2, 0) is 14.4 Å². The predicted octanol–water partition coefficient (Wildman–Crippen LogP) is 4.02. The van der Waals surface area contributed by atoms with Gasteiger partial charge in [-0.2, -0.15) is 0 Å². The lowest BCUT2D eigenvalue weighted by Gasteiger charge is -2.15. The first-order valence-electron chi connectivity index (χ1n) is 10.6. The molecule has 6 rings (SSSR count). The molecule has 1 unspecified atom stereocenters. The van der Waals surface area contributed by atoms with E-state index in [1.54, 1.807) is 24.3 Å². The van der Waals surface area contributed by atoms with E-state index in [1.165, 1.54) is 6.92 Å². The smallest absolute Gasteiger partial charge is 0.308 e. The van der Waals surface area contributed by atoms with Crippen LogP contribution >= 0.6 is 11.8 Å². The molecule has 1 aliphatic carbocycles. The van der Waals surface area contributed by atoms with Gasteiger partial charge in [-0.05, 0) is 29.7 Å². The minimum atomic E-state index is -0.653. The van der Waals surface area contributed by atoms with E-state index in [-0.39, 0.29) is 18.2 Å². The second-order valence-electron chi connectivity index (χ2n) is 7.97. The van der Waals surface area contributed by atoms with Gasteiger partial charge in [0.1, 0.15) is 22.4 Å². The van der Waals surface area contributed by atoms with Crippen LogP contribution in [0.3, 0.4) is 0 Å². The molecule has 9 heteroatoms. The van der Waals surface area contributed by atoms with Crippen molar-refractivity contribution in [2.24, 2.45) is 0 Å². The molecule has 34 heavy (non-hydrogen) atoms. The minimum Gasteiger partial charge on any atom is -0.427 e. The number of thioether (sulfide) groups is 1. The van der Waals surface area contributed by atoms with E-state index < -0.39 is 11.2 Å². The van der Waals surface area contributed by atoms with Crippen molar-refractivity contribution in [3.05, 3.63) is 60.7 Å². The Kier molecular flexibility index (Phi) is 4.66. The number of carbonyl (C=O) groups excluding carboxylic acids is 3. The fraction of sp³-hybridized carbons (Fsp3) is 0.120. The highest BCUT2D eigenvalue weighted by Crippen LogP contribution is 2.45. The molecule has 1 atom stereocenters. The summed E-state index contributed by atoms with van der Waals surface area (Å²) >= 11 is 1.14. The fourth-order valence-electron chi connectivity index (χ4n) is 4.39. The van der Waals surface area contributed by atoms with Crippen molar-refractivity contribution in [1.29, 1.82) is 0 Å². The average Bonchev–Trinajstić information content (AvgIpc) is 3.29. The highest BCUT2D eigenvalue weighted by Gasteiger charge is 2.41. The Hall–Kier alpha value is -4.11. The van der Waals surface area contributed by atoms with Gasteiger partial charge >= 0.3 is 5.97 Å². The molecule has 1 fully saturated rings. The highest BCUT2D eigenvalue weighted by molar-refractivity contribution is 8.00. The van der Waals surface area contributed by atoms with Gasteiger partial charge in [0.15, 0.2) is 0 Å². The van der Waals surface area contributed by atoms with Crippen LogP contribution in [0.4, 0.5) is 5.69 Å². The molecule has 1 aliphatic heterocycles. The van der Waals surface area contributed by atoms with Crippen LogP contribution in [0.25, 0.3) is 33.3 Å². The second kappa shape index (κ2) is 7.74. The summed E-state index contributed by atoms with van der Waals surface area (Å²) in [5.41, 5.74) is 3.86. The number of hydrogen-bond donors (Lipinski definition) is 0. The van der Waals surface area contributed by atoms with Gasteiger partial charge in [0, 0.05) is 29.9 Å². The van der Waals surface area contributed by atoms with E-state index in [0.717, 1.165) is 49.9 Å². The SMILES string of the molecule is CC(=O)Oc1ccc(N2C(=O)CC(Sc3nnc4c(n3)-c3cccc5cccc-4c35)C2=O)cc1. The topological polar surface area (TPSA) is 102 Å². The van der Waals surface area contributed by atoms with Gasteiger partial charge in [-0.1, -0.05) is 48.2 Å². The van der Waals surface area contributed by atoms with E-state index in [1.807, 2.05) is 36.4 Å². The standard InChI is InChI=1S/C25H16N4O4S/c1-13(30)33-16-10-8-15(9-11-16)29-20(31)12-19(24(29)32)34-25-26-22-17-6-2-4-14-5-3-7-18(21(14)17)23(22)27-28-25/h2-11,19H,12H2,1H3. The quantitative estimate of drug-likeness (QED) is 0.221. The Balaban J connectivity index is 1.26. The third-order valence-corrected chi connectivity index (χ3v) is 6.83. The average molecular weight is 468 g/mol. The summed E-state index contributed by atoms with van der Waals surface area (Å²) in [4.78, 5) is 42.7. The fourth-order valence-corrected chi connectivity index (χ4v) is 5.31. The number of nitrogens with zero attached hydrogens (tertiary/aromatic N) is 4. The van der Waals surface area contributed by atoms with Crippen molar-refractivity contribution in [1.82, 2.24) is 15.2 Å². The molecule has 0 saturated carbocycles. The third-order valence-electron chi connectivity index (χ3n) is 5.79. The number of esters is 1. The number of ether oxygens (including phenoxy) is 1. The molecule has 0 spiro atoms. The molecule has 0 radical (unpaired) electrons. The monoisotopic (exact) mass is 468 g/mol. The van der Waals surface area contributed by atoms with E-state index in [9.17, 15) is 14.4 Å². The van der Waals surface area contributed by atoms with E-state index in [4.69, 9.17) is 9.72 Å². The summed E-state index contributed by atoms with van der Waals surface area (Å²) in [6.45, 7) is 1.30. The maximum absolute atomic E-state index is 13.1. The zero-order valence-corrected chi connectivity index (χ0v) is 18.7. The van der Waals surface area contributed by atoms with Crippen molar-refractivity contribution < 1.29 is 19.1 Å². The lowest BCUT2D eigenvalue weighted by Crippen LogP contribution is -2.31. The largest absolute Gasteiger partial charge is 0.427 e. The van der Waals surface area contributed by atoms with Gasteiger partial charge in [0.25, 0.3) is 0 Å². The number of rotatable bonds is 4. The van der Waals surface area contributed by atoms with E-state index in [2.05, 4.69) is 10.2 Å². The Morgan fingerprint density at radius 1 is 0.971 bits per heavy atom. The second-order valence-corrected chi connectivity index (χ2v) is 9.14. The number of aromatic nitrogens is 3. The predicted molar refractivity (Wildman–Crippen MR) is 126 cm³/mol. The van der Waals surface area contributed by atoms with Crippen LogP contribution in [0.15, 0.2) is 65.8 Å². The van der Waals surface area contributed by atoms with Crippen LogP contribution in [0.2, 0.25) is 0 Å². The number of amides is 2. The Labute approximate surface area is 198 Å². The number of anilines is 1. The molecule has 166 valence electrons. The zero-order chi connectivity index (χ0) is 23.4. The van der Waals surface area contributed by atoms with Gasteiger partial charge in [-0.25, -0.2) is 9.88 Å². The molecule has 1 saturated heterocycles. The number of hydrogen-bond acceptors (Lipinski definition) is 8. The van der Waals surface area contributed by atoms with Crippen molar-refractivity contribution in [2.75, 3.05) is 4.90 Å². The minimum absolute atomic E-state index is 0.0332. The van der Waals surface area contributed by atoms with Crippen LogP contribution in [0.1, 0.15) is 13.3 Å². The first-order chi connectivity index (χ1) is 16.5. The van der Waals surface area contributed by atoms with Crippen LogP contribution < -0.4 is 9.64 Å². The molecule has 2 aliphatic rings. The van der Waals surface area contributed by atoms with Crippen LogP contribution in [0, 0.1) is 0 Å². The van der Waals surface area contributed by atoms with Gasteiger partial charge < -0.3 is 4.74 Å². The number of benzene rings is 3. The lowest BCUT2D eigenvalue weighted by molar-refractivity contribution is -0.132. The Bertz CT molecular complexity index is 1510. The summed E-state index contributed by atoms with van der Waals surface area (Å²) in [6, 6.07) is 18.3. The molecule has 0 bridgehead atoms. The third kappa shape index (κ3) is 3.24. The normalized spacial score (nSPS) is 16.3. The maximum Gasteiger partial charge on any atom is 0.308 e. The lowest BCUT2D eigenvalue weighted by atomic mass is 10.0. The summed E-state index contributed by atoms with van der Waals surface area (Å²) in [6.07, 6.45) is 0.0332. The molecule has 3 aromatic carbocycles. The number of imide groups is 1. The zero-order valence-electron chi connectivity index (χ0n) is 17.9. The summed E-state index contributed by atoms with van der Waals surface area (Å²) in [7, 11) is 0. The van der Waals surface area contributed by atoms with E-state index in [0.29, 0.717) is 16.6 Å². The highest BCUT2D eigenvalue weighted by atomic mass is 32.2. The van der Waals surface area contributed by atoms with E-state index >= 15 is 0 Å². The first kappa shape index (κ1) is 20.5. The molecular weight excluding hydrogens is 452 g/mol. The van der Waals surface area contributed by atoms with Crippen molar-refractivity contribution >= 4 is 46.0 Å². The van der Waals surface area contributed by atoms with Crippen molar-refractivity contribution in [3.8, 4) is 28.3 Å². The van der Waals surface area contributed by atoms with Crippen LogP contribution in [0.5, 0.6) is 5.75 Å². The summed E-state index contributed by atoms with van der Waals surface area (Å²) in [5, 5.41) is 10.6. The number of carbonyl (C=O) groups is 3. The molecule has 4 aromatic rings.